The quantitative estimate of drug-likeness (QED) is 0.239. The van der Waals surface area contributed by atoms with Crippen LogP contribution in [-0.4, -0.2) is 19.6 Å². The van der Waals surface area contributed by atoms with E-state index in [1.54, 1.807) is 13.4 Å². The fourth-order valence-corrected chi connectivity index (χ4v) is 2.69. The van der Waals surface area contributed by atoms with E-state index in [1.165, 1.54) is 5.56 Å². The van der Waals surface area contributed by atoms with Crippen LogP contribution in [0.25, 0.3) is 0 Å². The Bertz CT molecular complexity index is 1040. The molecule has 0 radical (unpaired) electrons. The van der Waals surface area contributed by atoms with E-state index in [0.29, 0.717) is 24.0 Å². The minimum atomic E-state index is 0.436. The molecule has 0 N–H and O–H groups in total. The van der Waals surface area contributed by atoms with Gasteiger partial charge in [0.05, 0.1) is 25.7 Å². The first-order valence-corrected chi connectivity index (χ1v) is 10.1. The number of hydrogen-bond acceptors (Lipinski definition) is 5. The van der Waals surface area contributed by atoms with Gasteiger partial charge in [-0.05, 0) is 69.3 Å². The van der Waals surface area contributed by atoms with Gasteiger partial charge in [0.15, 0.2) is 0 Å². The molecular formula is C26H27NO4. The molecule has 0 atom stereocenters. The van der Waals surface area contributed by atoms with Gasteiger partial charge in [0.2, 0.25) is 5.90 Å². The maximum Gasteiger partial charge on any atom is 0.225 e. The molecule has 0 saturated carbocycles. The van der Waals surface area contributed by atoms with Crippen molar-refractivity contribution in [2.24, 2.45) is 4.99 Å². The Morgan fingerprint density at radius 2 is 1.55 bits per heavy atom. The van der Waals surface area contributed by atoms with Crippen molar-refractivity contribution in [3.8, 4) is 23.0 Å². The highest BCUT2D eigenvalue weighted by molar-refractivity contribution is 5.96. The highest BCUT2D eigenvalue weighted by Gasteiger charge is 2.09. The predicted molar refractivity (Wildman–Crippen MR) is 124 cm³/mol. The molecule has 3 rings (SSSR count). The third-order valence-corrected chi connectivity index (χ3v) is 4.36. The van der Waals surface area contributed by atoms with Crippen LogP contribution in [0.3, 0.4) is 0 Å². The standard InChI is InChI=1S/C26H27NO4/c1-5-29-24-7-6-8-25(17-24)31-26(27-21-11-9-19(2)10-12-21)20(3)18-30-23-15-13-22(28-4)14-16-23/h6-18H,5H2,1-4H3. The van der Waals surface area contributed by atoms with Crippen LogP contribution in [0.15, 0.2) is 89.6 Å². The first-order valence-electron chi connectivity index (χ1n) is 10.1. The molecule has 0 fully saturated rings. The van der Waals surface area contributed by atoms with Crippen LogP contribution in [0.2, 0.25) is 0 Å². The van der Waals surface area contributed by atoms with Gasteiger partial charge >= 0.3 is 0 Å². The molecule has 0 saturated heterocycles. The average Bonchev–Trinajstić information content (AvgIpc) is 2.79. The van der Waals surface area contributed by atoms with Crippen LogP contribution in [0.4, 0.5) is 5.69 Å². The first kappa shape index (κ1) is 22.0. The molecule has 0 amide bonds. The van der Waals surface area contributed by atoms with Crippen LogP contribution in [0.5, 0.6) is 23.0 Å². The summed E-state index contributed by atoms with van der Waals surface area (Å²) in [6.45, 7) is 6.46. The molecule has 0 bridgehead atoms. The van der Waals surface area contributed by atoms with E-state index in [-0.39, 0.29) is 0 Å². The molecule has 0 aliphatic rings. The fraction of sp³-hybridized carbons (Fsp3) is 0.192. The minimum Gasteiger partial charge on any atom is -0.497 e. The second-order valence-corrected chi connectivity index (χ2v) is 6.86. The van der Waals surface area contributed by atoms with Gasteiger partial charge in [0.1, 0.15) is 23.0 Å². The summed E-state index contributed by atoms with van der Waals surface area (Å²) in [7, 11) is 1.63. The summed E-state index contributed by atoms with van der Waals surface area (Å²) in [5, 5.41) is 0. The summed E-state index contributed by atoms with van der Waals surface area (Å²) in [5.41, 5.74) is 2.69. The SMILES string of the molecule is CCOc1cccc(OC(=Nc2ccc(C)cc2)C(C)=COc2ccc(OC)cc2)c1. The van der Waals surface area contributed by atoms with Gasteiger partial charge in [-0.1, -0.05) is 23.8 Å². The highest BCUT2D eigenvalue weighted by Crippen LogP contribution is 2.23. The van der Waals surface area contributed by atoms with Crippen molar-refractivity contribution in [3.05, 3.63) is 90.2 Å². The molecule has 3 aromatic carbocycles. The van der Waals surface area contributed by atoms with Crippen LogP contribution < -0.4 is 18.9 Å². The number of nitrogens with zero attached hydrogens (tertiary/aromatic N) is 1. The van der Waals surface area contributed by atoms with Gasteiger partial charge in [0.25, 0.3) is 0 Å². The van der Waals surface area contributed by atoms with Crippen molar-refractivity contribution in [1.82, 2.24) is 0 Å². The Morgan fingerprint density at radius 3 is 2.23 bits per heavy atom. The zero-order valence-corrected chi connectivity index (χ0v) is 18.3. The summed E-state index contributed by atoms with van der Waals surface area (Å²) in [6.07, 6.45) is 1.63. The Labute approximate surface area is 183 Å². The van der Waals surface area contributed by atoms with Crippen molar-refractivity contribution in [3.63, 3.8) is 0 Å². The monoisotopic (exact) mass is 417 g/mol. The minimum absolute atomic E-state index is 0.436. The van der Waals surface area contributed by atoms with Gasteiger partial charge < -0.3 is 18.9 Å². The lowest BCUT2D eigenvalue weighted by atomic mass is 10.2. The van der Waals surface area contributed by atoms with E-state index in [4.69, 9.17) is 23.9 Å². The predicted octanol–water partition coefficient (Wildman–Crippen LogP) is 6.49. The number of aryl methyl sites for hydroxylation is 1. The molecular weight excluding hydrogens is 390 g/mol. The van der Waals surface area contributed by atoms with E-state index in [2.05, 4.69) is 0 Å². The lowest BCUT2D eigenvalue weighted by Crippen LogP contribution is -2.11. The Morgan fingerprint density at radius 1 is 0.871 bits per heavy atom. The molecule has 0 aliphatic carbocycles. The first-order chi connectivity index (χ1) is 15.1. The summed E-state index contributed by atoms with van der Waals surface area (Å²) in [6, 6.07) is 22.8. The lowest BCUT2D eigenvalue weighted by molar-refractivity contribution is 0.339. The number of rotatable bonds is 8. The normalized spacial score (nSPS) is 11.7. The highest BCUT2D eigenvalue weighted by atomic mass is 16.5. The van der Waals surface area contributed by atoms with E-state index >= 15 is 0 Å². The van der Waals surface area contributed by atoms with Gasteiger partial charge in [0, 0.05) is 11.6 Å². The fourth-order valence-electron chi connectivity index (χ4n) is 2.69. The molecule has 5 heteroatoms. The van der Waals surface area contributed by atoms with E-state index < -0.39 is 0 Å². The maximum absolute atomic E-state index is 6.12. The molecule has 31 heavy (non-hydrogen) atoms. The summed E-state index contributed by atoms with van der Waals surface area (Å²) in [5.74, 6) is 3.27. The topological polar surface area (TPSA) is 49.3 Å². The lowest BCUT2D eigenvalue weighted by Gasteiger charge is -2.12. The van der Waals surface area contributed by atoms with E-state index in [9.17, 15) is 0 Å². The van der Waals surface area contributed by atoms with Gasteiger partial charge in [-0.3, -0.25) is 0 Å². The molecule has 0 spiro atoms. The molecule has 160 valence electrons. The van der Waals surface area contributed by atoms with Crippen molar-refractivity contribution in [1.29, 1.82) is 0 Å². The van der Waals surface area contributed by atoms with E-state index in [0.717, 1.165) is 22.8 Å². The zero-order chi connectivity index (χ0) is 22.1. The zero-order valence-electron chi connectivity index (χ0n) is 18.3. The van der Waals surface area contributed by atoms with Crippen molar-refractivity contribution < 1.29 is 18.9 Å². The molecule has 0 aromatic heterocycles. The molecule has 0 aliphatic heterocycles. The second-order valence-electron chi connectivity index (χ2n) is 6.86. The van der Waals surface area contributed by atoms with Gasteiger partial charge in [-0.25, -0.2) is 4.99 Å². The smallest absolute Gasteiger partial charge is 0.225 e. The van der Waals surface area contributed by atoms with Crippen LogP contribution in [0, 0.1) is 6.92 Å². The third-order valence-electron chi connectivity index (χ3n) is 4.36. The van der Waals surface area contributed by atoms with Crippen molar-refractivity contribution in [2.45, 2.75) is 20.8 Å². The summed E-state index contributed by atoms with van der Waals surface area (Å²) in [4.78, 5) is 4.70. The van der Waals surface area contributed by atoms with Crippen molar-refractivity contribution in [2.75, 3.05) is 13.7 Å². The molecule has 3 aromatic rings. The number of hydrogen-bond donors (Lipinski definition) is 0. The molecule has 0 unspecified atom stereocenters. The summed E-state index contributed by atoms with van der Waals surface area (Å²) >= 11 is 0. The van der Waals surface area contributed by atoms with Crippen LogP contribution >= 0.6 is 0 Å². The van der Waals surface area contributed by atoms with Gasteiger partial charge in [-0.15, -0.1) is 0 Å². The number of methoxy groups -OCH3 is 1. The van der Waals surface area contributed by atoms with E-state index in [1.807, 2.05) is 93.6 Å². The largest absolute Gasteiger partial charge is 0.497 e. The molecule has 0 heterocycles. The number of aliphatic imine (C=N–C) groups is 1. The number of benzene rings is 3. The Kier molecular flexibility index (Phi) is 7.71. The summed E-state index contributed by atoms with van der Waals surface area (Å²) < 4.78 is 22.7. The van der Waals surface area contributed by atoms with Gasteiger partial charge in [-0.2, -0.15) is 0 Å². The molecule has 5 nitrogen and oxygen atoms in total. The average molecular weight is 418 g/mol. The third kappa shape index (κ3) is 6.64. The Hall–Kier alpha value is -3.73. The maximum atomic E-state index is 6.12. The Balaban J connectivity index is 1.86. The second kappa shape index (κ2) is 10.9. The van der Waals surface area contributed by atoms with Crippen molar-refractivity contribution >= 4 is 11.6 Å². The van der Waals surface area contributed by atoms with Crippen LogP contribution in [0.1, 0.15) is 19.4 Å². The number of ether oxygens (including phenoxy) is 4. The van der Waals surface area contributed by atoms with Crippen LogP contribution in [-0.2, 0) is 0 Å².